The van der Waals surface area contributed by atoms with Gasteiger partial charge in [-0.2, -0.15) is 0 Å². The summed E-state index contributed by atoms with van der Waals surface area (Å²) < 4.78 is 0. The minimum atomic E-state index is 0.301. The van der Waals surface area contributed by atoms with Crippen molar-refractivity contribution in [2.24, 2.45) is 11.7 Å². The van der Waals surface area contributed by atoms with Crippen LogP contribution in [0.2, 0.25) is 0 Å². The van der Waals surface area contributed by atoms with Gasteiger partial charge in [-0.1, -0.05) is 22.9 Å². The molecule has 0 aromatic rings. The maximum atomic E-state index is 11.7. The van der Waals surface area contributed by atoms with Crippen molar-refractivity contribution in [1.82, 2.24) is 4.90 Å². The van der Waals surface area contributed by atoms with Crippen molar-refractivity contribution in [3.05, 3.63) is 0 Å². The van der Waals surface area contributed by atoms with E-state index in [0.29, 0.717) is 30.8 Å². The second-order valence-corrected chi connectivity index (χ2v) is 4.56. The Morgan fingerprint density at radius 2 is 2.43 bits per heavy atom. The Morgan fingerprint density at radius 1 is 1.71 bits per heavy atom. The molecule has 1 heterocycles. The molecule has 82 valence electrons. The number of amides is 1. The van der Waals surface area contributed by atoms with Gasteiger partial charge >= 0.3 is 0 Å². The predicted octanol–water partition coefficient (Wildman–Crippen LogP) is 1.36. The molecule has 1 aliphatic heterocycles. The molecular weight excluding hydrogens is 244 g/mol. The lowest BCUT2D eigenvalue weighted by Crippen LogP contribution is -2.37. The van der Waals surface area contributed by atoms with Crippen molar-refractivity contribution < 1.29 is 4.79 Å². The standard InChI is InChI=1S/C10H19BrN2O/c1-2-9(3-4-12)13-7-8(6-11)5-10(13)14/h8-9H,2-7,12H2,1H3. The van der Waals surface area contributed by atoms with Crippen molar-refractivity contribution >= 4 is 21.8 Å². The monoisotopic (exact) mass is 262 g/mol. The summed E-state index contributed by atoms with van der Waals surface area (Å²) in [6, 6.07) is 0.358. The zero-order valence-corrected chi connectivity index (χ0v) is 10.3. The lowest BCUT2D eigenvalue weighted by molar-refractivity contribution is -0.129. The summed E-state index contributed by atoms with van der Waals surface area (Å²) in [7, 11) is 0. The first kappa shape index (κ1) is 12.0. The van der Waals surface area contributed by atoms with Crippen LogP contribution in [-0.2, 0) is 4.79 Å². The van der Waals surface area contributed by atoms with Crippen LogP contribution in [0.15, 0.2) is 0 Å². The third-order valence-electron chi connectivity index (χ3n) is 2.87. The summed E-state index contributed by atoms with van der Waals surface area (Å²) in [6.07, 6.45) is 2.64. The molecule has 0 aliphatic carbocycles. The van der Waals surface area contributed by atoms with Crippen LogP contribution in [0.25, 0.3) is 0 Å². The minimum absolute atomic E-state index is 0.301. The van der Waals surface area contributed by atoms with Crippen LogP contribution in [0.4, 0.5) is 0 Å². The number of nitrogens with zero attached hydrogens (tertiary/aromatic N) is 1. The topological polar surface area (TPSA) is 46.3 Å². The first-order valence-corrected chi connectivity index (χ1v) is 6.40. The summed E-state index contributed by atoms with van der Waals surface area (Å²) in [6.45, 7) is 3.69. The Labute approximate surface area is 94.1 Å². The van der Waals surface area contributed by atoms with Crippen molar-refractivity contribution in [2.45, 2.75) is 32.2 Å². The molecule has 0 radical (unpaired) electrons. The largest absolute Gasteiger partial charge is 0.339 e. The highest BCUT2D eigenvalue weighted by Crippen LogP contribution is 2.23. The molecule has 4 heteroatoms. The third-order valence-corrected chi connectivity index (χ3v) is 3.78. The molecule has 1 aliphatic rings. The minimum Gasteiger partial charge on any atom is -0.339 e. The van der Waals surface area contributed by atoms with Gasteiger partial charge in [-0.25, -0.2) is 0 Å². The average Bonchev–Trinajstić information content (AvgIpc) is 2.56. The van der Waals surface area contributed by atoms with Gasteiger partial charge in [-0.05, 0) is 25.3 Å². The first-order chi connectivity index (χ1) is 6.72. The molecule has 1 rings (SSSR count). The van der Waals surface area contributed by atoms with Crippen molar-refractivity contribution in [2.75, 3.05) is 18.4 Å². The fourth-order valence-corrected chi connectivity index (χ4v) is 2.47. The third kappa shape index (κ3) is 2.70. The maximum absolute atomic E-state index is 11.7. The van der Waals surface area contributed by atoms with E-state index in [0.717, 1.165) is 24.7 Å². The van der Waals surface area contributed by atoms with Gasteiger partial charge in [0.25, 0.3) is 0 Å². The summed E-state index contributed by atoms with van der Waals surface area (Å²) in [4.78, 5) is 13.7. The molecule has 0 bridgehead atoms. The number of halogens is 1. The molecule has 2 N–H and O–H groups in total. The average molecular weight is 263 g/mol. The van der Waals surface area contributed by atoms with Gasteiger partial charge in [0.1, 0.15) is 0 Å². The number of rotatable bonds is 5. The van der Waals surface area contributed by atoms with E-state index in [1.165, 1.54) is 0 Å². The molecule has 1 saturated heterocycles. The Balaban J connectivity index is 2.53. The van der Waals surface area contributed by atoms with Crippen molar-refractivity contribution in [3.8, 4) is 0 Å². The number of nitrogens with two attached hydrogens (primary N) is 1. The van der Waals surface area contributed by atoms with E-state index >= 15 is 0 Å². The van der Waals surface area contributed by atoms with E-state index in [9.17, 15) is 4.79 Å². The molecular formula is C10H19BrN2O. The second-order valence-electron chi connectivity index (χ2n) is 3.91. The summed E-state index contributed by atoms with van der Waals surface area (Å²) in [5, 5.41) is 0.925. The molecule has 1 amide bonds. The normalized spacial score (nSPS) is 24.4. The van der Waals surface area contributed by atoms with Gasteiger partial charge in [-0.3, -0.25) is 4.79 Å². The summed E-state index contributed by atoms with van der Waals surface area (Å²) >= 11 is 3.44. The van der Waals surface area contributed by atoms with Crippen LogP contribution >= 0.6 is 15.9 Å². The molecule has 14 heavy (non-hydrogen) atoms. The Kier molecular flexibility index (Phi) is 4.89. The number of carbonyl (C=O) groups excluding carboxylic acids is 1. The van der Waals surface area contributed by atoms with Crippen LogP contribution in [0, 0.1) is 5.92 Å². The number of hydrogen-bond acceptors (Lipinski definition) is 2. The van der Waals surface area contributed by atoms with Crippen LogP contribution in [-0.4, -0.2) is 35.3 Å². The Hall–Kier alpha value is -0.0900. The van der Waals surface area contributed by atoms with Gasteiger partial charge in [0, 0.05) is 24.3 Å². The molecule has 2 atom stereocenters. The SMILES string of the molecule is CCC(CCN)N1CC(CBr)CC1=O. The highest BCUT2D eigenvalue weighted by atomic mass is 79.9. The van der Waals surface area contributed by atoms with Gasteiger partial charge in [-0.15, -0.1) is 0 Å². The van der Waals surface area contributed by atoms with E-state index in [1.54, 1.807) is 0 Å². The zero-order valence-electron chi connectivity index (χ0n) is 8.71. The van der Waals surface area contributed by atoms with Crippen LogP contribution < -0.4 is 5.73 Å². The molecule has 2 unspecified atom stereocenters. The number of alkyl halides is 1. The lowest BCUT2D eigenvalue weighted by Gasteiger charge is -2.26. The zero-order chi connectivity index (χ0) is 10.6. The summed E-state index contributed by atoms with van der Waals surface area (Å²) in [5.41, 5.74) is 5.54. The highest BCUT2D eigenvalue weighted by Gasteiger charge is 2.32. The quantitative estimate of drug-likeness (QED) is 0.761. The van der Waals surface area contributed by atoms with E-state index in [1.807, 2.05) is 4.90 Å². The molecule has 0 spiro atoms. The number of likely N-dealkylation sites (tertiary alicyclic amines) is 1. The molecule has 3 nitrogen and oxygen atoms in total. The van der Waals surface area contributed by atoms with Gasteiger partial charge in [0.15, 0.2) is 0 Å². The smallest absolute Gasteiger partial charge is 0.223 e. The first-order valence-electron chi connectivity index (χ1n) is 5.28. The molecule has 1 fully saturated rings. The highest BCUT2D eigenvalue weighted by molar-refractivity contribution is 9.09. The lowest BCUT2D eigenvalue weighted by atomic mass is 10.1. The fraction of sp³-hybridized carbons (Fsp3) is 0.900. The molecule has 0 aromatic heterocycles. The van der Waals surface area contributed by atoms with E-state index in [2.05, 4.69) is 22.9 Å². The van der Waals surface area contributed by atoms with Crippen LogP contribution in [0.5, 0.6) is 0 Å². The Bertz CT molecular complexity index is 199. The van der Waals surface area contributed by atoms with Crippen molar-refractivity contribution in [3.63, 3.8) is 0 Å². The van der Waals surface area contributed by atoms with E-state index < -0.39 is 0 Å². The Morgan fingerprint density at radius 3 is 2.86 bits per heavy atom. The molecule has 0 aromatic carbocycles. The maximum Gasteiger partial charge on any atom is 0.223 e. The van der Waals surface area contributed by atoms with E-state index in [-0.39, 0.29) is 0 Å². The fourth-order valence-electron chi connectivity index (χ4n) is 2.04. The molecule has 0 saturated carbocycles. The summed E-state index contributed by atoms with van der Waals surface area (Å²) in [5.74, 6) is 0.795. The number of carbonyl (C=O) groups is 1. The van der Waals surface area contributed by atoms with E-state index in [4.69, 9.17) is 5.73 Å². The van der Waals surface area contributed by atoms with Crippen LogP contribution in [0.3, 0.4) is 0 Å². The van der Waals surface area contributed by atoms with Gasteiger partial charge in [0.05, 0.1) is 0 Å². The van der Waals surface area contributed by atoms with Gasteiger partial charge < -0.3 is 10.6 Å². The predicted molar refractivity (Wildman–Crippen MR) is 61.4 cm³/mol. The number of hydrogen-bond donors (Lipinski definition) is 1. The van der Waals surface area contributed by atoms with Gasteiger partial charge in [0.2, 0.25) is 5.91 Å². The van der Waals surface area contributed by atoms with Crippen LogP contribution in [0.1, 0.15) is 26.2 Å². The van der Waals surface area contributed by atoms with Crippen molar-refractivity contribution in [1.29, 1.82) is 0 Å². The second kappa shape index (κ2) is 5.71.